The number of aliphatic carboxylic acids is 1. The van der Waals surface area contributed by atoms with Crippen LogP contribution in [-0.2, 0) is 4.79 Å². The minimum absolute atomic E-state index is 0.176. The van der Waals surface area contributed by atoms with Crippen LogP contribution in [0.25, 0.3) is 0 Å². The van der Waals surface area contributed by atoms with Gasteiger partial charge in [-0.1, -0.05) is 31.5 Å². The number of nitrogens with one attached hydrogen (secondary N) is 1. The Labute approximate surface area is 113 Å². The van der Waals surface area contributed by atoms with Gasteiger partial charge in [0.15, 0.2) is 0 Å². The third kappa shape index (κ3) is 4.09. The highest BCUT2D eigenvalue weighted by Crippen LogP contribution is 2.13. The maximum atomic E-state index is 12.1. The van der Waals surface area contributed by atoms with Gasteiger partial charge in [0.1, 0.15) is 0 Å². The van der Waals surface area contributed by atoms with Gasteiger partial charge in [-0.15, -0.1) is 0 Å². The number of aryl methyl sites for hydroxylation is 2. The van der Waals surface area contributed by atoms with E-state index < -0.39 is 11.9 Å². The molecule has 0 radical (unpaired) electrons. The van der Waals surface area contributed by atoms with E-state index in [-0.39, 0.29) is 12.5 Å². The molecule has 1 atom stereocenters. The number of carboxylic acid groups (broad SMARTS) is 1. The summed E-state index contributed by atoms with van der Waals surface area (Å²) in [6.07, 6.45) is 1.36. The van der Waals surface area contributed by atoms with Crippen LogP contribution in [0.2, 0.25) is 0 Å². The molecule has 0 aliphatic rings. The first-order valence-corrected chi connectivity index (χ1v) is 6.54. The van der Waals surface area contributed by atoms with Crippen LogP contribution in [0.5, 0.6) is 0 Å². The first-order valence-electron chi connectivity index (χ1n) is 6.54. The molecule has 1 unspecified atom stereocenters. The predicted molar refractivity (Wildman–Crippen MR) is 74.3 cm³/mol. The molecule has 0 aliphatic carbocycles. The first kappa shape index (κ1) is 15.2. The van der Waals surface area contributed by atoms with Gasteiger partial charge in [0.25, 0.3) is 5.91 Å². The van der Waals surface area contributed by atoms with Gasteiger partial charge in [0.2, 0.25) is 0 Å². The maximum absolute atomic E-state index is 12.1. The van der Waals surface area contributed by atoms with Crippen LogP contribution in [0.15, 0.2) is 18.2 Å². The summed E-state index contributed by atoms with van der Waals surface area (Å²) in [5.41, 5.74) is 2.45. The summed E-state index contributed by atoms with van der Waals surface area (Å²) < 4.78 is 0. The van der Waals surface area contributed by atoms with Crippen molar-refractivity contribution in [2.45, 2.75) is 33.6 Å². The second kappa shape index (κ2) is 6.92. The molecule has 19 heavy (non-hydrogen) atoms. The van der Waals surface area contributed by atoms with Crippen molar-refractivity contribution in [1.82, 2.24) is 5.32 Å². The zero-order chi connectivity index (χ0) is 14.4. The van der Waals surface area contributed by atoms with Crippen molar-refractivity contribution in [3.8, 4) is 0 Å². The second-order valence-corrected chi connectivity index (χ2v) is 4.80. The smallest absolute Gasteiger partial charge is 0.308 e. The Bertz CT molecular complexity index is 448. The molecular weight excluding hydrogens is 242 g/mol. The van der Waals surface area contributed by atoms with Crippen LogP contribution in [-0.4, -0.2) is 23.5 Å². The van der Waals surface area contributed by atoms with E-state index in [1.54, 1.807) is 0 Å². The van der Waals surface area contributed by atoms with Crippen molar-refractivity contribution in [2.75, 3.05) is 6.54 Å². The van der Waals surface area contributed by atoms with Crippen molar-refractivity contribution in [3.63, 3.8) is 0 Å². The standard InChI is InChI=1S/C15H21NO3/c1-4-6-12(15(18)19)9-16-14(17)13-10(2)7-5-8-11(13)3/h5,7-8,12H,4,6,9H2,1-3H3,(H,16,17)(H,18,19). The van der Waals surface area contributed by atoms with Crippen LogP contribution in [0, 0.1) is 19.8 Å². The van der Waals surface area contributed by atoms with Gasteiger partial charge < -0.3 is 10.4 Å². The fourth-order valence-electron chi connectivity index (χ4n) is 2.14. The number of hydrogen-bond donors (Lipinski definition) is 2. The van der Waals surface area contributed by atoms with Crippen LogP contribution in [0.3, 0.4) is 0 Å². The van der Waals surface area contributed by atoms with Crippen LogP contribution >= 0.6 is 0 Å². The number of carboxylic acids is 1. The summed E-state index contributed by atoms with van der Waals surface area (Å²) in [6.45, 7) is 5.87. The monoisotopic (exact) mass is 263 g/mol. The Kier molecular flexibility index (Phi) is 5.55. The molecule has 4 heteroatoms. The molecule has 1 aromatic rings. The summed E-state index contributed by atoms with van der Waals surface area (Å²) in [4.78, 5) is 23.1. The van der Waals surface area contributed by atoms with Crippen molar-refractivity contribution in [3.05, 3.63) is 34.9 Å². The van der Waals surface area contributed by atoms with E-state index in [0.717, 1.165) is 17.5 Å². The normalized spacial score (nSPS) is 11.9. The molecule has 1 aromatic carbocycles. The quantitative estimate of drug-likeness (QED) is 0.828. The highest BCUT2D eigenvalue weighted by molar-refractivity contribution is 5.97. The molecule has 1 rings (SSSR count). The molecule has 0 aromatic heterocycles. The molecule has 0 saturated heterocycles. The summed E-state index contributed by atoms with van der Waals surface area (Å²) in [5, 5.41) is 11.8. The predicted octanol–water partition coefficient (Wildman–Crippen LogP) is 2.53. The minimum atomic E-state index is -0.858. The molecule has 2 N–H and O–H groups in total. The molecular formula is C15H21NO3. The van der Waals surface area contributed by atoms with Crippen LogP contribution in [0.1, 0.15) is 41.3 Å². The number of amides is 1. The molecule has 104 valence electrons. The van der Waals surface area contributed by atoms with Crippen molar-refractivity contribution in [1.29, 1.82) is 0 Å². The maximum Gasteiger partial charge on any atom is 0.308 e. The van der Waals surface area contributed by atoms with Crippen molar-refractivity contribution >= 4 is 11.9 Å². The van der Waals surface area contributed by atoms with E-state index in [1.165, 1.54) is 0 Å². The lowest BCUT2D eigenvalue weighted by atomic mass is 10.0. The third-order valence-corrected chi connectivity index (χ3v) is 3.20. The number of hydrogen-bond acceptors (Lipinski definition) is 2. The first-order chi connectivity index (χ1) is 8.97. The minimum Gasteiger partial charge on any atom is -0.481 e. The van der Waals surface area contributed by atoms with Gasteiger partial charge >= 0.3 is 5.97 Å². The third-order valence-electron chi connectivity index (χ3n) is 3.20. The summed E-state index contributed by atoms with van der Waals surface area (Å²) >= 11 is 0. The lowest BCUT2D eigenvalue weighted by Crippen LogP contribution is -2.33. The lowest BCUT2D eigenvalue weighted by molar-refractivity contribution is -0.141. The van der Waals surface area contributed by atoms with Gasteiger partial charge in [-0.25, -0.2) is 0 Å². The van der Waals surface area contributed by atoms with E-state index in [0.29, 0.717) is 12.0 Å². The number of rotatable bonds is 6. The molecule has 4 nitrogen and oxygen atoms in total. The van der Waals surface area contributed by atoms with E-state index in [4.69, 9.17) is 5.11 Å². The van der Waals surface area contributed by atoms with Crippen LogP contribution in [0.4, 0.5) is 0 Å². The number of carbonyl (C=O) groups excluding carboxylic acids is 1. The van der Waals surface area contributed by atoms with Crippen LogP contribution < -0.4 is 5.32 Å². The molecule has 0 aliphatic heterocycles. The zero-order valence-electron chi connectivity index (χ0n) is 11.7. The Morgan fingerprint density at radius 1 is 1.26 bits per heavy atom. The van der Waals surface area contributed by atoms with E-state index in [9.17, 15) is 9.59 Å². The van der Waals surface area contributed by atoms with Gasteiger partial charge in [-0.05, 0) is 31.4 Å². The number of carbonyl (C=O) groups is 2. The van der Waals surface area contributed by atoms with E-state index >= 15 is 0 Å². The molecule has 0 fully saturated rings. The molecule has 0 spiro atoms. The van der Waals surface area contributed by atoms with Gasteiger partial charge in [0, 0.05) is 12.1 Å². The van der Waals surface area contributed by atoms with Gasteiger partial charge in [-0.3, -0.25) is 9.59 Å². The fraction of sp³-hybridized carbons (Fsp3) is 0.467. The fourth-order valence-corrected chi connectivity index (χ4v) is 2.14. The molecule has 0 saturated carbocycles. The Morgan fingerprint density at radius 3 is 2.32 bits per heavy atom. The van der Waals surface area contributed by atoms with E-state index in [2.05, 4.69) is 5.32 Å². The topological polar surface area (TPSA) is 66.4 Å². The SMILES string of the molecule is CCCC(CNC(=O)c1c(C)cccc1C)C(=O)O. The van der Waals surface area contributed by atoms with E-state index in [1.807, 2.05) is 39.0 Å². The average Bonchev–Trinajstić information content (AvgIpc) is 2.33. The highest BCUT2D eigenvalue weighted by atomic mass is 16.4. The van der Waals surface area contributed by atoms with Crippen molar-refractivity contribution in [2.24, 2.45) is 5.92 Å². The Hall–Kier alpha value is -1.84. The summed E-state index contributed by atoms with van der Waals surface area (Å²) in [7, 11) is 0. The Morgan fingerprint density at radius 2 is 1.84 bits per heavy atom. The van der Waals surface area contributed by atoms with Gasteiger partial charge in [-0.2, -0.15) is 0 Å². The van der Waals surface area contributed by atoms with Gasteiger partial charge in [0.05, 0.1) is 5.92 Å². The molecule has 0 heterocycles. The Balaban J connectivity index is 2.72. The second-order valence-electron chi connectivity index (χ2n) is 4.80. The molecule has 1 amide bonds. The highest BCUT2D eigenvalue weighted by Gasteiger charge is 2.18. The average molecular weight is 263 g/mol. The summed E-state index contributed by atoms with van der Waals surface area (Å²) in [6, 6.07) is 5.66. The lowest BCUT2D eigenvalue weighted by Gasteiger charge is -2.14. The molecule has 0 bridgehead atoms. The summed E-state index contributed by atoms with van der Waals surface area (Å²) in [5.74, 6) is -1.57. The number of benzene rings is 1. The van der Waals surface area contributed by atoms with Crippen molar-refractivity contribution < 1.29 is 14.7 Å². The largest absolute Gasteiger partial charge is 0.481 e. The zero-order valence-corrected chi connectivity index (χ0v) is 11.7.